The lowest BCUT2D eigenvalue weighted by molar-refractivity contribution is -0.151. The van der Waals surface area contributed by atoms with E-state index in [0.717, 1.165) is 0 Å². The number of hydrogen-bond donors (Lipinski definition) is 1. The Hall–Kier alpha value is -1.55. The summed E-state index contributed by atoms with van der Waals surface area (Å²) < 4.78 is 4.80. The third-order valence-corrected chi connectivity index (χ3v) is 1.43. The zero-order chi connectivity index (χ0) is 10.4. The van der Waals surface area contributed by atoms with Crippen molar-refractivity contribution in [2.75, 3.05) is 0 Å². The second-order valence-corrected chi connectivity index (χ2v) is 2.78. The van der Waals surface area contributed by atoms with Crippen molar-refractivity contribution >= 4 is 5.97 Å². The Morgan fingerprint density at radius 2 is 2.00 bits per heavy atom. The van der Waals surface area contributed by atoms with Crippen LogP contribution in [0.4, 0.5) is 0 Å². The molecule has 0 aliphatic rings. The molecule has 0 amide bonds. The minimum atomic E-state index is -0.465. The number of hydroxylamine groups is 1. The number of nitrogens with one attached hydrogen (secondary N) is 1. The maximum absolute atomic E-state index is 10.5. The van der Waals surface area contributed by atoms with Gasteiger partial charge in [-0.25, -0.2) is 0 Å². The molecule has 0 radical (unpaired) electrons. The summed E-state index contributed by atoms with van der Waals surface area (Å²) in [6.07, 6.45) is -0.465. The van der Waals surface area contributed by atoms with E-state index in [2.05, 4.69) is 5.48 Å². The Kier molecular flexibility index (Phi) is 3.94. The number of ether oxygens (including phenoxy) is 1. The van der Waals surface area contributed by atoms with Crippen LogP contribution in [0.1, 0.15) is 13.8 Å². The van der Waals surface area contributed by atoms with Gasteiger partial charge in [-0.2, -0.15) is 0 Å². The molecule has 4 heteroatoms. The van der Waals surface area contributed by atoms with Crippen molar-refractivity contribution in [3.05, 3.63) is 30.3 Å². The van der Waals surface area contributed by atoms with E-state index in [1.54, 1.807) is 19.1 Å². The van der Waals surface area contributed by atoms with Crippen molar-refractivity contribution in [1.82, 2.24) is 5.48 Å². The molecule has 1 N–H and O–H groups in total. The minimum Gasteiger partial charge on any atom is -0.444 e. The molecule has 0 aliphatic carbocycles. The van der Waals surface area contributed by atoms with Gasteiger partial charge < -0.3 is 9.57 Å². The fraction of sp³-hybridized carbons (Fsp3) is 0.300. The maximum atomic E-state index is 10.5. The standard InChI is InChI=1S/C10H13NO3/c1-8(13-9(2)12)11-14-10-6-4-3-5-7-10/h3-8,11H,1-2H3. The zero-order valence-electron chi connectivity index (χ0n) is 8.19. The van der Waals surface area contributed by atoms with Crippen molar-refractivity contribution in [3.63, 3.8) is 0 Å². The van der Waals surface area contributed by atoms with Crippen LogP contribution in [-0.4, -0.2) is 12.2 Å². The summed E-state index contributed by atoms with van der Waals surface area (Å²) in [7, 11) is 0. The lowest BCUT2D eigenvalue weighted by atomic mass is 10.3. The van der Waals surface area contributed by atoms with E-state index in [0.29, 0.717) is 5.75 Å². The van der Waals surface area contributed by atoms with Gasteiger partial charge in [0.15, 0.2) is 6.23 Å². The predicted molar refractivity (Wildman–Crippen MR) is 51.4 cm³/mol. The van der Waals surface area contributed by atoms with Crippen molar-refractivity contribution in [2.24, 2.45) is 0 Å². The van der Waals surface area contributed by atoms with Gasteiger partial charge in [0.2, 0.25) is 0 Å². The molecule has 0 spiro atoms. The van der Waals surface area contributed by atoms with Crippen LogP contribution >= 0.6 is 0 Å². The first-order chi connectivity index (χ1) is 6.68. The van der Waals surface area contributed by atoms with Crippen LogP contribution < -0.4 is 10.3 Å². The zero-order valence-corrected chi connectivity index (χ0v) is 8.19. The fourth-order valence-electron chi connectivity index (χ4n) is 0.913. The molecule has 0 fully saturated rings. The Bertz CT molecular complexity index is 287. The fourth-order valence-corrected chi connectivity index (χ4v) is 0.913. The summed E-state index contributed by atoms with van der Waals surface area (Å²) in [5, 5.41) is 0. The summed E-state index contributed by atoms with van der Waals surface area (Å²) in [6, 6.07) is 9.20. The summed E-state index contributed by atoms with van der Waals surface area (Å²) in [5.74, 6) is 0.327. The second kappa shape index (κ2) is 5.24. The topological polar surface area (TPSA) is 47.6 Å². The molecular weight excluding hydrogens is 182 g/mol. The molecule has 0 bridgehead atoms. The molecule has 76 valence electrons. The second-order valence-electron chi connectivity index (χ2n) is 2.78. The van der Waals surface area contributed by atoms with E-state index in [1.165, 1.54) is 6.92 Å². The number of rotatable bonds is 4. The molecule has 1 atom stereocenters. The molecule has 0 heterocycles. The van der Waals surface area contributed by atoms with Gasteiger partial charge in [0.05, 0.1) is 0 Å². The average molecular weight is 195 g/mol. The highest BCUT2D eigenvalue weighted by atomic mass is 16.7. The molecule has 0 aliphatic heterocycles. The van der Waals surface area contributed by atoms with Crippen LogP contribution in [0, 0.1) is 0 Å². The van der Waals surface area contributed by atoms with E-state index in [4.69, 9.17) is 9.57 Å². The van der Waals surface area contributed by atoms with Crippen LogP contribution in [-0.2, 0) is 9.53 Å². The number of carbonyl (C=O) groups is 1. The van der Waals surface area contributed by atoms with Gasteiger partial charge >= 0.3 is 5.97 Å². The van der Waals surface area contributed by atoms with Crippen LogP contribution in [0.25, 0.3) is 0 Å². The number of carbonyl (C=O) groups excluding carboxylic acids is 1. The van der Waals surface area contributed by atoms with Gasteiger partial charge in [0.1, 0.15) is 5.75 Å². The van der Waals surface area contributed by atoms with E-state index in [9.17, 15) is 4.79 Å². The molecule has 1 aromatic rings. The van der Waals surface area contributed by atoms with Crippen molar-refractivity contribution in [2.45, 2.75) is 20.1 Å². The van der Waals surface area contributed by atoms with Gasteiger partial charge in [-0.15, -0.1) is 5.48 Å². The Balaban J connectivity index is 2.30. The van der Waals surface area contributed by atoms with Crippen molar-refractivity contribution in [1.29, 1.82) is 0 Å². The molecular formula is C10H13NO3. The van der Waals surface area contributed by atoms with Crippen molar-refractivity contribution in [3.8, 4) is 5.75 Å². The smallest absolute Gasteiger partial charge is 0.304 e. The van der Waals surface area contributed by atoms with E-state index < -0.39 is 6.23 Å². The van der Waals surface area contributed by atoms with Crippen LogP contribution in [0.2, 0.25) is 0 Å². The third-order valence-electron chi connectivity index (χ3n) is 1.43. The molecule has 0 aromatic heterocycles. The summed E-state index contributed by atoms with van der Waals surface area (Å²) >= 11 is 0. The van der Waals surface area contributed by atoms with Gasteiger partial charge in [-0.1, -0.05) is 18.2 Å². The monoisotopic (exact) mass is 195 g/mol. The Morgan fingerprint density at radius 1 is 1.36 bits per heavy atom. The van der Waals surface area contributed by atoms with Crippen molar-refractivity contribution < 1.29 is 14.4 Å². The normalized spacial score (nSPS) is 11.9. The van der Waals surface area contributed by atoms with Crippen LogP contribution in [0.3, 0.4) is 0 Å². The average Bonchev–Trinajstić information content (AvgIpc) is 2.15. The van der Waals surface area contributed by atoms with E-state index in [-0.39, 0.29) is 5.97 Å². The van der Waals surface area contributed by atoms with Crippen LogP contribution in [0.5, 0.6) is 5.75 Å². The minimum absolute atomic E-state index is 0.346. The Morgan fingerprint density at radius 3 is 2.57 bits per heavy atom. The number of para-hydroxylation sites is 1. The lowest BCUT2D eigenvalue weighted by Gasteiger charge is -2.13. The molecule has 4 nitrogen and oxygen atoms in total. The summed E-state index contributed by atoms with van der Waals surface area (Å²) in [5.41, 5.74) is 2.59. The predicted octanol–water partition coefficient (Wildman–Crippen LogP) is 1.48. The van der Waals surface area contributed by atoms with E-state index in [1.807, 2.05) is 18.2 Å². The molecule has 0 saturated carbocycles. The summed E-state index contributed by atoms with van der Waals surface area (Å²) in [6.45, 7) is 3.03. The summed E-state index contributed by atoms with van der Waals surface area (Å²) in [4.78, 5) is 15.7. The number of benzene rings is 1. The number of hydrogen-bond acceptors (Lipinski definition) is 4. The molecule has 0 saturated heterocycles. The van der Waals surface area contributed by atoms with Crippen LogP contribution in [0.15, 0.2) is 30.3 Å². The molecule has 1 rings (SSSR count). The molecule has 1 unspecified atom stereocenters. The maximum Gasteiger partial charge on any atom is 0.304 e. The first-order valence-electron chi connectivity index (χ1n) is 4.33. The van der Waals surface area contributed by atoms with Gasteiger partial charge in [-0.05, 0) is 19.1 Å². The number of esters is 1. The van der Waals surface area contributed by atoms with Gasteiger partial charge in [-0.3, -0.25) is 4.79 Å². The SMILES string of the molecule is CC(=O)OC(C)NOc1ccccc1. The van der Waals surface area contributed by atoms with Gasteiger partial charge in [0.25, 0.3) is 0 Å². The van der Waals surface area contributed by atoms with E-state index >= 15 is 0 Å². The third kappa shape index (κ3) is 3.91. The lowest BCUT2D eigenvalue weighted by Crippen LogP contribution is -2.33. The highest BCUT2D eigenvalue weighted by Gasteiger charge is 2.04. The first kappa shape index (κ1) is 10.5. The quantitative estimate of drug-likeness (QED) is 0.449. The molecule has 14 heavy (non-hydrogen) atoms. The first-order valence-corrected chi connectivity index (χ1v) is 4.33. The molecule has 1 aromatic carbocycles. The highest BCUT2D eigenvalue weighted by molar-refractivity contribution is 5.66. The van der Waals surface area contributed by atoms with Gasteiger partial charge in [0, 0.05) is 6.92 Å². The Labute approximate surface area is 82.8 Å². The highest BCUT2D eigenvalue weighted by Crippen LogP contribution is 2.06. The largest absolute Gasteiger partial charge is 0.444 e.